The van der Waals surface area contributed by atoms with E-state index in [4.69, 9.17) is 14.2 Å². The minimum absolute atomic E-state index is 0.0392. The quantitative estimate of drug-likeness (QED) is 0.809. The topological polar surface area (TPSA) is 77.1 Å². The number of hydrogen-bond donors (Lipinski definition) is 1. The van der Waals surface area contributed by atoms with E-state index in [1.165, 1.54) is 0 Å². The Kier molecular flexibility index (Phi) is 6.59. The molecule has 0 aliphatic carbocycles. The molecule has 2 aromatic carbocycles. The van der Waals surface area contributed by atoms with Crippen molar-refractivity contribution < 1.29 is 23.8 Å². The van der Waals surface area contributed by atoms with E-state index >= 15 is 0 Å². The number of piperidine rings is 1. The number of likely N-dealkylation sites (tertiary alicyclic amines) is 1. The van der Waals surface area contributed by atoms with E-state index in [0.29, 0.717) is 54.4 Å². The average molecular weight is 398 g/mol. The molecule has 29 heavy (non-hydrogen) atoms. The zero-order chi connectivity index (χ0) is 20.8. The molecule has 3 rings (SSSR count). The molecule has 1 saturated heterocycles. The molecule has 0 unspecified atom stereocenters. The Hall–Kier alpha value is -3.22. The fourth-order valence-electron chi connectivity index (χ4n) is 3.44. The molecule has 0 aromatic heterocycles. The number of benzene rings is 2. The van der Waals surface area contributed by atoms with Gasteiger partial charge in [-0.3, -0.25) is 9.59 Å². The van der Waals surface area contributed by atoms with Crippen LogP contribution in [0, 0.1) is 5.92 Å². The normalized spacial score (nSPS) is 14.2. The lowest BCUT2D eigenvalue weighted by Crippen LogP contribution is -2.41. The Morgan fingerprint density at radius 3 is 2.31 bits per heavy atom. The first kappa shape index (κ1) is 20.5. The fourth-order valence-corrected chi connectivity index (χ4v) is 3.44. The van der Waals surface area contributed by atoms with Gasteiger partial charge in [0.25, 0.3) is 5.91 Å². The van der Waals surface area contributed by atoms with Crippen molar-refractivity contribution in [2.75, 3.05) is 39.7 Å². The van der Waals surface area contributed by atoms with E-state index in [9.17, 15) is 9.59 Å². The molecule has 0 atom stereocenters. The molecule has 1 heterocycles. The minimum Gasteiger partial charge on any atom is -0.497 e. The van der Waals surface area contributed by atoms with Gasteiger partial charge in [0.05, 0.1) is 21.3 Å². The van der Waals surface area contributed by atoms with Gasteiger partial charge in [-0.1, -0.05) is 6.07 Å². The van der Waals surface area contributed by atoms with Crippen LogP contribution in [-0.4, -0.2) is 51.1 Å². The molecule has 1 N–H and O–H groups in total. The molecule has 2 aromatic rings. The van der Waals surface area contributed by atoms with Crippen LogP contribution < -0.4 is 19.5 Å². The van der Waals surface area contributed by atoms with Crippen molar-refractivity contribution in [3.05, 3.63) is 48.0 Å². The van der Waals surface area contributed by atoms with E-state index in [2.05, 4.69) is 5.32 Å². The molecule has 2 amide bonds. The zero-order valence-corrected chi connectivity index (χ0v) is 16.9. The Bertz CT molecular complexity index is 875. The monoisotopic (exact) mass is 398 g/mol. The van der Waals surface area contributed by atoms with Crippen LogP contribution in [0.3, 0.4) is 0 Å². The second-order valence-electron chi connectivity index (χ2n) is 6.86. The van der Waals surface area contributed by atoms with Crippen molar-refractivity contribution in [2.45, 2.75) is 12.8 Å². The summed E-state index contributed by atoms with van der Waals surface area (Å²) in [7, 11) is 4.70. The van der Waals surface area contributed by atoms with Crippen LogP contribution in [0.4, 0.5) is 5.69 Å². The molecule has 1 aliphatic heterocycles. The molecular weight excluding hydrogens is 372 g/mol. The number of anilines is 1. The lowest BCUT2D eigenvalue weighted by atomic mass is 9.95. The van der Waals surface area contributed by atoms with Crippen LogP contribution in [0.25, 0.3) is 0 Å². The largest absolute Gasteiger partial charge is 0.497 e. The molecule has 0 spiro atoms. The van der Waals surface area contributed by atoms with Crippen molar-refractivity contribution in [1.82, 2.24) is 4.90 Å². The summed E-state index contributed by atoms with van der Waals surface area (Å²) in [5, 5.41) is 2.93. The van der Waals surface area contributed by atoms with Gasteiger partial charge >= 0.3 is 0 Å². The van der Waals surface area contributed by atoms with Gasteiger partial charge in [-0.05, 0) is 43.2 Å². The lowest BCUT2D eigenvalue weighted by Gasteiger charge is -2.31. The Morgan fingerprint density at radius 1 is 0.931 bits per heavy atom. The Morgan fingerprint density at radius 2 is 1.66 bits per heavy atom. The first-order valence-electron chi connectivity index (χ1n) is 9.52. The summed E-state index contributed by atoms with van der Waals surface area (Å²) in [4.78, 5) is 27.1. The second kappa shape index (κ2) is 9.32. The fraction of sp³-hybridized carbons (Fsp3) is 0.364. The molecule has 1 aliphatic rings. The number of amides is 2. The molecule has 0 bridgehead atoms. The maximum atomic E-state index is 12.7. The Balaban J connectivity index is 1.57. The standard InChI is InChI=1S/C22H26N2O5/c1-27-18-6-4-5-16(13-18)22(26)24-11-9-15(10-12-24)21(25)23-17-7-8-19(28-2)20(14-17)29-3/h4-8,13-15H,9-12H2,1-3H3,(H,23,25). The van der Waals surface area contributed by atoms with Gasteiger partial charge in [0.1, 0.15) is 5.75 Å². The average Bonchev–Trinajstić information content (AvgIpc) is 2.78. The molecule has 7 nitrogen and oxygen atoms in total. The van der Waals surface area contributed by atoms with Gasteiger partial charge in [0.2, 0.25) is 5.91 Å². The van der Waals surface area contributed by atoms with E-state index in [0.717, 1.165) is 0 Å². The maximum Gasteiger partial charge on any atom is 0.253 e. The van der Waals surface area contributed by atoms with Crippen LogP contribution in [0.15, 0.2) is 42.5 Å². The predicted molar refractivity (Wildman–Crippen MR) is 110 cm³/mol. The van der Waals surface area contributed by atoms with Crippen molar-refractivity contribution in [2.24, 2.45) is 5.92 Å². The lowest BCUT2D eigenvalue weighted by molar-refractivity contribution is -0.121. The molecule has 7 heteroatoms. The van der Waals surface area contributed by atoms with Crippen LogP contribution >= 0.6 is 0 Å². The summed E-state index contributed by atoms with van der Waals surface area (Å²) in [6.45, 7) is 1.08. The third-order valence-electron chi connectivity index (χ3n) is 5.12. The number of ether oxygens (including phenoxy) is 3. The minimum atomic E-state index is -0.141. The van der Waals surface area contributed by atoms with Gasteiger partial charge in [0.15, 0.2) is 11.5 Å². The number of carbonyl (C=O) groups excluding carboxylic acids is 2. The molecular formula is C22H26N2O5. The van der Waals surface area contributed by atoms with Crippen molar-refractivity contribution in [3.8, 4) is 17.2 Å². The molecule has 154 valence electrons. The number of rotatable bonds is 6. The zero-order valence-electron chi connectivity index (χ0n) is 16.9. The van der Waals surface area contributed by atoms with Gasteiger partial charge in [0, 0.05) is 36.3 Å². The third-order valence-corrected chi connectivity index (χ3v) is 5.12. The highest BCUT2D eigenvalue weighted by molar-refractivity contribution is 5.95. The second-order valence-corrected chi connectivity index (χ2v) is 6.86. The van der Waals surface area contributed by atoms with Crippen LogP contribution in [0.1, 0.15) is 23.2 Å². The predicted octanol–water partition coefficient (Wildman–Crippen LogP) is 3.20. The summed E-state index contributed by atoms with van der Waals surface area (Å²) >= 11 is 0. The highest BCUT2D eigenvalue weighted by atomic mass is 16.5. The summed E-state index contributed by atoms with van der Waals surface area (Å²) in [6.07, 6.45) is 1.24. The van der Waals surface area contributed by atoms with Gasteiger partial charge in [-0.15, -0.1) is 0 Å². The van der Waals surface area contributed by atoms with Crippen molar-refractivity contribution in [3.63, 3.8) is 0 Å². The third kappa shape index (κ3) is 4.80. The highest BCUT2D eigenvalue weighted by Crippen LogP contribution is 2.30. The van der Waals surface area contributed by atoms with E-state index in [1.54, 1.807) is 62.6 Å². The number of nitrogens with one attached hydrogen (secondary N) is 1. The number of hydrogen-bond acceptors (Lipinski definition) is 5. The van der Waals surface area contributed by atoms with E-state index in [1.807, 2.05) is 6.07 Å². The number of nitrogens with zero attached hydrogens (tertiary/aromatic N) is 1. The summed E-state index contributed by atoms with van der Waals surface area (Å²) in [5.74, 6) is 1.59. The van der Waals surface area contributed by atoms with Crippen molar-refractivity contribution in [1.29, 1.82) is 0 Å². The molecule has 0 radical (unpaired) electrons. The number of methoxy groups -OCH3 is 3. The van der Waals surface area contributed by atoms with Gasteiger partial charge < -0.3 is 24.4 Å². The summed E-state index contributed by atoms with van der Waals surface area (Å²) in [5.41, 5.74) is 1.25. The summed E-state index contributed by atoms with van der Waals surface area (Å²) in [6, 6.07) is 12.4. The molecule has 0 saturated carbocycles. The van der Waals surface area contributed by atoms with Gasteiger partial charge in [-0.2, -0.15) is 0 Å². The SMILES string of the molecule is COc1cccc(C(=O)N2CCC(C(=O)Nc3ccc(OC)c(OC)c3)CC2)c1. The van der Waals surface area contributed by atoms with Gasteiger partial charge in [-0.25, -0.2) is 0 Å². The first-order valence-corrected chi connectivity index (χ1v) is 9.52. The number of carbonyl (C=O) groups is 2. The van der Waals surface area contributed by atoms with Crippen molar-refractivity contribution >= 4 is 17.5 Å². The Labute approximate surface area is 170 Å². The van der Waals surface area contributed by atoms with E-state index < -0.39 is 0 Å². The smallest absolute Gasteiger partial charge is 0.253 e. The van der Waals surface area contributed by atoms with Crippen LogP contribution in [0.2, 0.25) is 0 Å². The first-order chi connectivity index (χ1) is 14.0. The molecule has 1 fully saturated rings. The van der Waals surface area contributed by atoms with Crippen LogP contribution in [-0.2, 0) is 4.79 Å². The highest BCUT2D eigenvalue weighted by Gasteiger charge is 2.28. The van der Waals surface area contributed by atoms with E-state index in [-0.39, 0.29) is 17.7 Å². The summed E-state index contributed by atoms with van der Waals surface area (Å²) < 4.78 is 15.7. The maximum absolute atomic E-state index is 12.7. The van der Waals surface area contributed by atoms with Crippen LogP contribution in [0.5, 0.6) is 17.2 Å².